The molecule has 13 heavy (non-hydrogen) atoms. The molecule has 0 spiro atoms. The van der Waals surface area contributed by atoms with Gasteiger partial charge in [0.15, 0.2) is 5.69 Å². The molecule has 2 N–H and O–H groups in total. The van der Waals surface area contributed by atoms with Crippen molar-refractivity contribution in [3.63, 3.8) is 0 Å². The lowest BCUT2D eigenvalue weighted by Gasteiger charge is -2.07. The molecule has 1 aromatic rings. The van der Waals surface area contributed by atoms with Crippen molar-refractivity contribution in [3.8, 4) is 0 Å². The molecule has 0 amide bonds. The average Bonchev–Trinajstić information content (AvgIpc) is 2.31. The monoisotopic (exact) mass is 183 g/mol. The molecule has 0 bridgehead atoms. The SMILES string of the molecule is CC(C)Nc1nc(C(=O)O)cn1C. The van der Waals surface area contributed by atoms with Crippen LogP contribution in [-0.2, 0) is 7.05 Å². The number of carboxylic acid groups (broad SMARTS) is 1. The van der Waals surface area contributed by atoms with Gasteiger partial charge in [-0.3, -0.25) is 0 Å². The average molecular weight is 183 g/mol. The maximum atomic E-state index is 10.5. The van der Waals surface area contributed by atoms with E-state index in [4.69, 9.17) is 5.11 Å². The van der Waals surface area contributed by atoms with Gasteiger partial charge in [-0.2, -0.15) is 0 Å². The summed E-state index contributed by atoms with van der Waals surface area (Å²) in [7, 11) is 1.75. The molecule has 1 heterocycles. The second kappa shape index (κ2) is 3.47. The number of hydrogen-bond acceptors (Lipinski definition) is 3. The fourth-order valence-electron chi connectivity index (χ4n) is 0.962. The quantitative estimate of drug-likeness (QED) is 0.731. The third-order valence-corrected chi connectivity index (χ3v) is 1.51. The third-order valence-electron chi connectivity index (χ3n) is 1.51. The minimum Gasteiger partial charge on any atom is -0.476 e. The summed E-state index contributed by atoms with van der Waals surface area (Å²) in [5.74, 6) is -0.431. The second-order valence-electron chi connectivity index (χ2n) is 3.16. The Labute approximate surface area is 76.4 Å². The summed E-state index contributed by atoms with van der Waals surface area (Å²) < 4.78 is 1.66. The molecule has 0 radical (unpaired) electrons. The van der Waals surface area contributed by atoms with E-state index < -0.39 is 5.97 Å². The Kier molecular flexibility index (Phi) is 2.55. The zero-order valence-corrected chi connectivity index (χ0v) is 7.90. The molecular formula is C8H13N3O2. The molecule has 1 aromatic heterocycles. The lowest BCUT2D eigenvalue weighted by atomic mass is 10.4. The lowest BCUT2D eigenvalue weighted by molar-refractivity contribution is 0.0691. The first-order chi connectivity index (χ1) is 6.00. The summed E-state index contributed by atoms with van der Waals surface area (Å²) in [6.45, 7) is 3.93. The molecule has 0 aliphatic heterocycles. The second-order valence-corrected chi connectivity index (χ2v) is 3.16. The van der Waals surface area contributed by atoms with Crippen LogP contribution in [0.25, 0.3) is 0 Å². The van der Waals surface area contributed by atoms with Crippen LogP contribution in [0.1, 0.15) is 24.3 Å². The van der Waals surface area contributed by atoms with Crippen LogP contribution in [-0.4, -0.2) is 26.7 Å². The van der Waals surface area contributed by atoms with E-state index in [2.05, 4.69) is 10.3 Å². The maximum Gasteiger partial charge on any atom is 0.356 e. The van der Waals surface area contributed by atoms with E-state index in [1.54, 1.807) is 11.6 Å². The predicted octanol–water partition coefficient (Wildman–Crippen LogP) is 0.939. The molecule has 0 atom stereocenters. The molecule has 5 heteroatoms. The van der Waals surface area contributed by atoms with Gasteiger partial charge in [0, 0.05) is 19.3 Å². The first-order valence-corrected chi connectivity index (χ1v) is 4.04. The van der Waals surface area contributed by atoms with Crippen molar-refractivity contribution in [2.45, 2.75) is 19.9 Å². The Morgan fingerprint density at radius 1 is 1.69 bits per heavy atom. The Morgan fingerprint density at radius 2 is 2.31 bits per heavy atom. The Bertz CT molecular complexity index is 317. The standard InChI is InChI=1S/C8H13N3O2/c1-5(2)9-8-10-6(7(12)13)4-11(8)3/h4-5H,1-3H3,(H,9,10)(H,12,13). The first-order valence-electron chi connectivity index (χ1n) is 4.04. The van der Waals surface area contributed by atoms with E-state index in [-0.39, 0.29) is 11.7 Å². The first kappa shape index (κ1) is 9.57. The van der Waals surface area contributed by atoms with Crippen LogP contribution >= 0.6 is 0 Å². The topological polar surface area (TPSA) is 67.2 Å². The summed E-state index contributed by atoms with van der Waals surface area (Å²) in [5.41, 5.74) is 0.0608. The summed E-state index contributed by atoms with van der Waals surface area (Å²) in [6.07, 6.45) is 1.48. The number of rotatable bonds is 3. The normalized spacial score (nSPS) is 10.5. The van der Waals surface area contributed by atoms with Crippen molar-refractivity contribution in [2.75, 3.05) is 5.32 Å². The van der Waals surface area contributed by atoms with Crippen molar-refractivity contribution < 1.29 is 9.90 Å². The summed E-state index contributed by atoms with van der Waals surface area (Å²) in [4.78, 5) is 14.5. The third kappa shape index (κ3) is 2.21. The highest BCUT2D eigenvalue weighted by molar-refractivity contribution is 5.85. The van der Waals surface area contributed by atoms with Gasteiger partial charge in [0.05, 0.1) is 0 Å². The maximum absolute atomic E-state index is 10.5. The highest BCUT2D eigenvalue weighted by atomic mass is 16.4. The van der Waals surface area contributed by atoms with E-state index in [0.717, 1.165) is 0 Å². The van der Waals surface area contributed by atoms with Gasteiger partial charge in [0.1, 0.15) is 0 Å². The number of hydrogen-bond donors (Lipinski definition) is 2. The number of aromatic nitrogens is 2. The van der Waals surface area contributed by atoms with Crippen molar-refractivity contribution in [3.05, 3.63) is 11.9 Å². The minimum absolute atomic E-state index is 0.0608. The van der Waals surface area contributed by atoms with Crippen LogP contribution in [0.2, 0.25) is 0 Å². The van der Waals surface area contributed by atoms with E-state index in [9.17, 15) is 4.79 Å². The fraction of sp³-hybridized carbons (Fsp3) is 0.500. The van der Waals surface area contributed by atoms with Gasteiger partial charge in [0.2, 0.25) is 5.95 Å². The molecule has 0 aliphatic rings. The zero-order chi connectivity index (χ0) is 10.0. The van der Waals surface area contributed by atoms with Crippen molar-refractivity contribution >= 4 is 11.9 Å². The molecule has 5 nitrogen and oxygen atoms in total. The van der Waals surface area contributed by atoms with Gasteiger partial charge < -0.3 is 15.0 Å². The number of aryl methyl sites for hydroxylation is 1. The van der Waals surface area contributed by atoms with Crippen LogP contribution in [0, 0.1) is 0 Å². The Hall–Kier alpha value is -1.52. The van der Waals surface area contributed by atoms with Gasteiger partial charge in [-0.1, -0.05) is 0 Å². The largest absolute Gasteiger partial charge is 0.476 e. The van der Waals surface area contributed by atoms with Crippen molar-refractivity contribution in [1.82, 2.24) is 9.55 Å². The molecule has 0 unspecified atom stereocenters. The van der Waals surface area contributed by atoms with Gasteiger partial charge in [-0.05, 0) is 13.8 Å². The zero-order valence-electron chi connectivity index (χ0n) is 7.90. The number of carbonyl (C=O) groups is 1. The van der Waals surface area contributed by atoms with E-state index in [1.807, 2.05) is 13.8 Å². The molecular weight excluding hydrogens is 170 g/mol. The van der Waals surface area contributed by atoms with E-state index >= 15 is 0 Å². The number of anilines is 1. The number of nitrogens with one attached hydrogen (secondary N) is 1. The van der Waals surface area contributed by atoms with Crippen molar-refractivity contribution in [1.29, 1.82) is 0 Å². The summed E-state index contributed by atoms with van der Waals surface area (Å²) >= 11 is 0. The number of aromatic carboxylic acids is 1. The van der Waals surface area contributed by atoms with Crippen LogP contribution < -0.4 is 5.32 Å². The minimum atomic E-state index is -1.01. The molecule has 72 valence electrons. The van der Waals surface area contributed by atoms with Crippen molar-refractivity contribution in [2.24, 2.45) is 7.05 Å². The highest BCUT2D eigenvalue weighted by Crippen LogP contribution is 2.07. The number of carboxylic acids is 1. The van der Waals surface area contributed by atoms with Crippen LogP contribution in [0.3, 0.4) is 0 Å². The van der Waals surface area contributed by atoms with Gasteiger partial charge in [-0.25, -0.2) is 9.78 Å². The number of nitrogens with zero attached hydrogens (tertiary/aromatic N) is 2. The van der Waals surface area contributed by atoms with Crippen LogP contribution in [0.5, 0.6) is 0 Å². The Balaban J connectivity index is 2.90. The van der Waals surface area contributed by atoms with E-state index in [1.165, 1.54) is 6.20 Å². The molecule has 0 aliphatic carbocycles. The lowest BCUT2D eigenvalue weighted by Crippen LogP contribution is -2.13. The Morgan fingerprint density at radius 3 is 2.69 bits per heavy atom. The highest BCUT2D eigenvalue weighted by Gasteiger charge is 2.10. The smallest absolute Gasteiger partial charge is 0.356 e. The summed E-state index contributed by atoms with van der Waals surface area (Å²) in [5, 5.41) is 11.7. The summed E-state index contributed by atoms with van der Waals surface area (Å²) in [6, 6.07) is 0.239. The van der Waals surface area contributed by atoms with Crippen LogP contribution in [0.15, 0.2) is 6.20 Å². The molecule has 0 fully saturated rings. The molecule has 1 rings (SSSR count). The number of imidazole rings is 1. The van der Waals surface area contributed by atoms with E-state index in [0.29, 0.717) is 5.95 Å². The molecule has 0 saturated carbocycles. The van der Waals surface area contributed by atoms with Crippen LogP contribution in [0.4, 0.5) is 5.95 Å². The molecule has 0 aromatic carbocycles. The predicted molar refractivity (Wildman–Crippen MR) is 48.9 cm³/mol. The molecule has 0 saturated heterocycles. The van der Waals surface area contributed by atoms with Gasteiger partial charge >= 0.3 is 5.97 Å². The van der Waals surface area contributed by atoms with Gasteiger partial charge in [-0.15, -0.1) is 0 Å². The fourth-order valence-corrected chi connectivity index (χ4v) is 0.962. The van der Waals surface area contributed by atoms with Gasteiger partial charge in [0.25, 0.3) is 0 Å².